The van der Waals surface area contributed by atoms with Crippen molar-refractivity contribution in [3.63, 3.8) is 0 Å². The summed E-state index contributed by atoms with van der Waals surface area (Å²) in [7, 11) is 0. The standard InChI is InChI=1S/C6H8F3NO2/c1-2-3(5(11)12)4(10)6(7,8)9/h2,10H2,1H3,(H,11,12)/b4-3+. The van der Waals surface area contributed by atoms with E-state index in [4.69, 9.17) is 5.11 Å². The molecule has 0 bridgehead atoms. The number of halogens is 3. The van der Waals surface area contributed by atoms with E-state index >= 15 is 0 Å². The number of rotatable bonds is 2. The summed E-state index contributed by atoms with van der Waals surface area (Å²) < 4.78 is 35.4. The maximum atomic E-state index is 11.8. The molecule has 0 heterocycles. The highest BCUT2D eigenvalue weighted by Gasteiger charge is 2.35. The Labute approximate surface area is 66.7 Å². The highest BCUT2D eigenvalue weighted by atomic mass is 19.4. The van der Waals surface area contributed by atoms with Gasteiger partial charge in [0.05, 0.1) is 5.57 Å². The van der Waals surface area contributed by atoms with Crippen LogP contribution in [0.1, 0.15) is 13.3 Å². The number of carboxylic acids is 1. The second-order valence-electron chi connectivity index (χ2n) is 2.05. The molecule has 6 heteroatoms. The number of alkyl halides is 3. The number of nitrogens with two attached hydrogens (primary N) is 1. The van der Waals surface area contributed by atoms with Gasteiger partial charge in [-0.05, 0) is 6.42 Å². The fourth-order valence-electron chi connectivity index (χ4n) is 0.628. The van der Waals surface area contributed by atoms with Gasteiger partial charge in [0.15, 0.2) is 0 Å². The molecule has 0 aromatic rings. The zero-order valence-corrected chi connectivity index (χ0v) is 6.27. The number of carboxylic acid groups (broad SMARTS) is 1. The summed E-state index contributed by atoms with van der Waals surface area (Å²) in [6, 6.07) is 0. The molecule has 70 valence electrons. The zero-order valence-electron chi connectivity index (χ0n) is 6.27. The molecule has 3 nitrogen and oxygen atoms in total. The normalized spacial score (nSPS) is 14.0. The summed E-state index contributed by atoms with van der Waals surface area (Å²) in [5.74, 6) is -1.63. The zero-order chi connectivity index (χ0) is 9.94. The molecule has 0 aliphatic rings. The van der Waals surface area contributed by atoms with Crippen molar-refractivity contribution in [1.82, 2.24) is 0 Å². The van der Waals surface area contributed by atoms with Crippen molar-refractivity contribution < 1.29 is 23.1 Å². The third-order valence-electron chi connectivity index (χ3n) is 1.24. The van der Waals surface area contributed by atoms with Gasteiger partial charge in [-0.2, -0.15) is 13.2 Å². The van der Waals surface area contributed by atoms with E-state index in [1.807, 2.05) is 0 Å². The number of aliphatic carboxylic acids is 1. The van der Waals surface area contributed by atoms with Crippen LogP contribution in [0.25, 0.3) is 0 Å². The quantitative estimate of drug-likeness (QED) is 0.633. The van der Waals surface area contributed by atoms with Crippen LogP contribution in [0.3, 0.4) is 0 Å². The van der Waals surface area contributed by atoms with Crippen molar-refractivity contribution in [2.45, 2.75) is 19.5 Å². The minimum atomic E-state index is -4.76. The van der Waals surface area contributed by atoms with Gasteiger partial charge in [0, 0.05) is 0 Å². The van der Waals surface area contributed by atoms with Crippen LogP contribution in [0.2, 0.25) is 0 Å². The van der Waals surface area contributed by atoms with E-state index in [1.165, 1.54) is 6.92 Å². The van der Waals surface area contributed by atoms with Crippen LogP contribution < -0.4 is 5.73 Å². The van der Waals surface area contributed by atoms with Crippen molar-refractivity contribution in [3.05, 3.63) is 11.3 Å². The SMILES string of the molecule is CC/C(C(=O)O)=C(\N)C(F)(F)F. The summed E-state index contributed by atoms with van der Waals surface area (Å²) in [5.41, 5.74) is 2.25. The number of hydrogen-bond donors (Lipinski definition) is 2. The van der Waals surface area contributed by atoms with Gasteiger partial charge in [0.25, 0.3) is 0 Å². The first kappa shape index (κ1) is 10.8. The van der Waals surface area contributed by atoms with Gasteiger partial charge in [0.1, 0.15) is 5.70 Å². The Kier molecular flexibility index (Phi) is 3.12. The molecular weight excluding hydrogens is 175 g/mol. The molecule has 0 amide bonds. The summed E-state index contributed by atoms with van der Waals surface area (Å²) in [6.45, 7) is 1.29. The molecule has 3 N–H and O–H groups in total. The molecule has 0 aromatic carbocycles. The van der Waals surface area contributed by atoms with E-state index < -0.39 is 23.4 Å². The minimum Gasteiger partial charge on any atom is -0.478 e. The molecule has 0 unspecified atom stereocenters. The molecule has 12 heavy (non-hydrogen) atoms. The molecule has 0 saturated heterocycles. The lowest BCUT2D eigenvalue weighted by atomic mass is 10.1. The molecule has 0 saturated carbocycles. The molecule has 0 radical (unpaired) electrons. The highest BCUT2D eigenvalue weighted by Crippen LogP contribution is 2.25. The maximum Gasteiger partial charge on any atom is 0.431 e. The second kappa shape index (κ2) is 3.46. The predicted octanol–water partition coefficient (Wildman–Crippen LogP) is 1.26. The first-order valence-electron chi connectivity index (χ1n) is 3.09. The van der Waals surface area contributed by atoms with Gasteiger partial charge in [-0.25, -0.2) is 4.79 Å². The lowest BCUT2D eigenvalue weighted by Crippen LogP contribution is -2.24. The Morgan fingerprint density at radius 1 is 1.50 bits per heavy atom. The minimum absolute atomic E-state index is 0.249. The summed E-state index contributed by atoms with van der Waals surface area (Å²) in [5, 5.41) is 8.27. The third kappa shape index (κ3) is 2.44. The topological polar surface area (TPSA) is 63.3 Å². The lowest BCUT2D eigenvalue weighted by molar-refractivity contribution is -0.134. The van der Waals surface area contributed by atoms with Crippen LogP contribution in [0, 0.1) is 0 Å². The van der Waals surface area contributed by atoms with Gasteiger partial charge in [-0.15, -0.1) is 0 Å². The van der Waals surface area contributed by atoms with Crippen LogP contribution in [0.15, 0.2) is 11.3 Å². The fraction of sp³-hybridized carbons (Fsp3) is 0.500. The third-order valence-corrected chi connectivity index (χ3v) is 1.24. The van der Waals surface area contributed by atoms with Crippen LogP contribution in [0.4, 0.5) is 13.2 Å². The van der Waals surface area contributed by atoms with Gasteiger partial charge >= 0.3 is 12.1 Å². The van der Waals surface area contributed by atoms with Crippen molar-refractivity contribution in [2.24, 2.45) is 5.73 Å². The van der Waals surface area contributed by atoms with Crippen molar-refractivity contribution in [3.8, 4) is 0 Å². The summed E-state index contributed by atoms with van der Waals surface area (Å²) in [4.78, 5) is 10.2. The monoisotopic (exact) mass is 183 g/mol. The first-order valence-corrected chi connectivity index (χ1v) is 3.09. The molecule has 0 aliphatic heterocycles. The molecule has 0 atom stereocenters. The molecular formula is C6H8F3NO2. The number of allylic oxidation sites excluding steroid dienone is 1. The maximum absolute atomic E-state index is 11.8. The van der Waals surface area contributed by atoms with Crippen LogP contribution >= 0.6 is 0 Å². The number of hydrogen-bond acceptors (Lipinski definition) is 2. The van der Waals surface area contributed by atoms with Gasteiger partial charge in [-0.3, -0.25) is 0 Å². The van der Waals surface area contributed by atoms with E-state index in [1.54, 1.807) is 0 Å². The van der Waals surface area contributed by atoms with Gasteiger partial charge in [-0.1, -0.05) is 6.92 Å². The van der Waals surface area contributed by atoms with Gasteiger partial charge in [0.2, 0.25) is 0 Å². The first-order chi connectivity index (χ1) is 5.30. The Bertz CT molecular complexity index is 219. The molecule has 0 spiro atoms. The van der Waals surface area contributed by atoms with E-state index in [2.05, 4.69) is 5.73 Å². The predicted molar refractivity (Wildman–Crippen MR) is 35.2 cm³/mol. The van der Waals surface area contributed by atoms with E-state index in [0.29, 0.717) is 0 Å². The average molecular weight is 183 g/mol. The van der Waals surface area contributed by atoms with E-state index in [9.17, 15) is 18.0 Å². The number of carbonyl (C=O) groups is 1. The summed E-state index contributed by atoms with van der Waals surface area (Å²) >= 11 is 0. The molecule has 0 rings (SSSR count). The Morgan fingerprint density at radius 3 is 2.00 bits per heavy atom. The Morgan fingerprint density at radius 2 is 1.92 bits per heavy atom. The van der Waals surface area contributed by atoms with Crippen molar-refractivity contribution in [1.29, 1.82) is 0 Å². The van der Waals surface area contributed by atoms with Crippen LogP contribution in [-0.4, -0.2) is 17.3 Å². The van der Waals surface area contributed by atoms with E-state index in [-0.39, 0.29) is 6.42 Å². The second-order valence-corrected chi connectivity index (χ2v) is 2.05. The molecule has 0 fully saturated rings. The summed E-state index contributed by atoms with van der Waals surface area (Å²) in [6.07, 6.45) is -5.01. The van der Waals surface area contributed by atoms with Crippen molar-refractivity contribution >= 4 is 5.97 Å². The smallest absolute Gasteiger partial charge is 0.431 e. The van der Waals surface area contributed by atoms with Crippen LogP contribution in [-0.2, 0) is 4.79 Å². The Hall–Kier alpha value is -1.20. The van der Waals surface area contributed by atoms with Gasteiger partial charge < -0.3 is 10.8 Å². The highest BCUT2D eigenvalue weighted by molar-refractivity contribution is 5.87. The van der Waals surface area contributed by atoms with E-state index in [0.717, 1.165) is 0 Å². The fourth-order valence-corrected chi connectivity index (χ4v) is 0.628. The average Bonchev–Trinajstić information content (AvgIpc) is 1.86. The largest absolute Gasteiger partial charge is 0.478 e. The van der Waals surface area contributed by atoms with Crippen molar-refractivity contribution in [2.75, 3.05) is 0 Å². The van der Waals surface area contributed by atoms with Crippen LogP contribution in [0.5, 0.6) is 0 Å². The Balaban J connectivity index is 4.99. The molecule has 0 aromatic heterocycles. The lowest BCUT2D eigenvalue weighted by Gasteiger charge is -2.09. The molecule has 0 aliphatic carbocycles.